The van der Waals surface area contributed by atoms with Crippen LogP contribution in [0.15, 0.2) is 11.4 Å². The van der Waals surface area contributed by atoms with E-state index in [1.54, 1.807) is 10.4 Å². The minimum atomic E-state index is 0.691. The molecule has 2 heteroatoms. The Hall–Kier alpha value is -0.340. The van der Waals surface area contributed by atoms with Crippen LogP contribution in [0.5, 0.6) is 0 Å². The number of hydrogen-bond donors (Lipinski definition) is 1. The summed E-state index contributed by atoms with van der Waals surface area (Å²) in [6.07, 6.45) is 6.83. The zero-order valence-electron chi connectivity index (χ0n) is 7.75. The summed E-state index contributed by atoms with van der Waals surface area (Å²) in [5, 5.41) is 5.99. The first-order valence-corrected chi connectivity index (χ1v) is 6.14. The van der Waals surface area contributed by atoms with Crippen LogP contribution in [0.4, 0.5) is 0 Å². The van der Waals surface area contributed by atoms with Crippen molar-refractivity contribution in [2.24, 2.45) is 0 Å². The second-order valence-electron chi connectivity index (χ2n) is 4.20. The van der Waals surface area contributed by atoms with E-state index in [2.05, 4.69) is 16.8 Å². The average Bonchev–Trinajstić information content (AvgIpc) is 2.83. The minimum Gasteiger partial charge on any atom is -0.306 e. The van der Waals surface area contributed by atoms with Gasteiger partial charge in [0.05, 0.1) is 0 Å². The molecule has 1 fully saturated rings. The van der Waals surface area contributed by atoms with Crippen molar-refractivity contribution in [3.8, 4) is 0 Å². The molecule has 1 unspecified atom stereocenters. The Bertz CT molecular complexity index is 301. The standard InChI is InChI=1S/C11H15NS/c1-2-8-6-7-13-11(8)10(3-1)12-9-4-5-9/h6-7,9-10,12H,1-5H2. The van der Waals surface area contributed by atoms with E-state index in [1.165, 1.54) is 32.1 Å². The second-order valence-corrected chi connectivity index (χ2v) is 5.14. The van der Waals surface area contributed by atoms with Crippen LogP contribution in [0.3, 0.4) is 0 Å². The van der Waals surface area contributed by atoms with Gasteiger partial charge in [-0.1, -0.05) is 0 Å². The van der Waals surface area contributed by atoms with Gasteiger partial charge in [0.15, 0.2) is 0 Å². The van der Waals surface area contributed by atoms with Crippen molar-refractivity contribution in [3.63, 3.8) is 0 Å². The minimum absolute atomic E-state index is 0.691. The summed E-state index contributed by atoms with van der Waals surface area (Å²) in [6, 6.07) is 3.84. The first-order valence-electron chi connectivity index (χ1n) is 5.26. The summed E-state index contributed by atoms with van der Waals surface area (Å²) in [4.78, 5) is 1.62. The van der Waals surface area contributed by atoms with Crippen LogP contribution in [-0.4, -0.2) is 6.04 Å². The quantitative estimate of drug-likeness (QED) is 0.761. The molecule has 1 aromatic heterocycles. The molecule has 0 aromatic carbocycles. The van der Waals surface area contributed by atoms with E-state index in [4.69, 9.17) is 0 Å². The highest BCUT2D eigenvalue weighted by molar-refractivity contribution is 7.10. The molecule has 1 nitrogen and oxygen atoms in total. The maximum atomic E-state index is 3.75. The topological polar surface area (TPSA) is 12.0 Å². The van der Waals surface area contributed by atoms with Crippen LogP contribution >= 0.6 is 11.3 Å². The monoisotopic (exact) mass is 193 g/mol. The molecule has 2 aliphatic rings. The lowest BCUT2D eigenvalue weighted by Crippen LogP contribution is -2.25. The largest absolute Gasteiger partial charge is 0.306 e. The smallest absolute Gasteiger partial charge is 0.0419 e. The molecule has 1 saturated carbocycles. The summed E-state index contributed by atoms with van der Waals surface area (Å²) >= 11 is 1.94. The van der Waals surface area contributed by atoms with Gasteiger partial charge in [-0.2, -0.15) is 0 Å². The third kappa shape index (κ3) is 1.53. The van der Waals surface area contributed by atoms with Gasteiger partial charge in [-0.05, 0) is 49.1 Å². The number of nitrogens with one attached hydrogen (secondary N) is 1. The van der Waals surface area contributed by atoms with E-state index in [0.29, 0.717) is 6.04 Å². The number of rotatable bonds is 2. The molecule has 0 amide bonds. The van der Waals surface area contributed by atoms with Crippen LogP contribution in [0.25, 0.3) is 0 Å². The predicted octanol–water partition coefficient (Wildman–Crippen LogP) is 2.88. The SMILES string of the molecule is c1cc2c(s1)C(NC1CC1)CCC2. The van der Waals surface area contributed by atoms with Gasteiger partial charge in [0.2, 0.25) is 0 Å². The molecule has 1 N–H and O–H groups in total. The van der Waals surface area contributed by atoms with Crippen LogP contribution in [0, 0.1) is 0 Å². The molecule has 0 spiro atoms. The van der Waals surface area contributed by atoms with Crippen LogP contribution in [0.1, 0.15) is 42.2 Å². The molecule has 70 valence electrons. The van der Waals surface area contributed by atoms with Gasteiger partial charge >= 0.3 is 0 Å². The highest BCUT2D eigenvalue weighted by Crippen LogP contribution is 2.36. The lowest BCUT2D eigenvalue weighted by molar-refractivity contribution is 0.465. The van der Waals surface area contributed by atoms with Gasteiger partial charge in [0.1, 0.15) is 0 Å². The van der Waals surface area contributed by atoms with Crippen molar-refractivity contribution in [3.05, 3.63) is 21.9 Å². The van der Waals surface area contributed by atoms with Gasteiger partial charge in [-0.25, -0.2) is 0 Å². The van der Waals surface area contributed by atoms with E-state index in [-0.39, 0.29) is 0 Å². The molecule has 0 aliphatic heterocycles. The molecule has 0 radical (unpaired) electrons. The number of aryl methyl sites for hydroxylation is 1. The Morgan fingerprint density at radius 2 is 2.23 bits per heavy atom. The maximum absolute atomic E-state index is 3.75. The molecule has 1 atom stereocenters. The van der Waals surface area contributed by atoms with E-state index in [1.807, 2.05) is 11.3 Å². The molecule has 3 rings (SSSR count). The zero-order valence-corrected chi connectivity index (χ0v) is 8.57. The normalized spacial score (nSPS) is 27.2. The van der Waals surface area contributed by atoms with Crippen molar-refractivity contribution in [2.45, 2.75) is 44.2 Å². The Labute approximate surface area is 83.2 Å². The van der Waals surface area contributed by atoms with Crippen LogP contribution in [-0.2, 0) is 6.42 Å². The first kappa shape index (κ1) is 8.01. The van der Waals surface area contributed by atoms with Gasteiger partial charge in [-0.15, -0.1) is 11.3 Å². The Balaban J connectivity index is 1.81. The third-order valence-corrected chi connectivity index (χ3v) is 4.12. The molecule has 1 aromatic rings. The summed E-state index contributed by atoms with van der Waals surface area (Å²) < 4.78 is 0. The molecule has 0 bridgehead atoms. The lowest BCUT2D eigenvalue weighted by atomic mass is 9.95. The fraction of sp³-hybridized carbons (Fsp3) is 0.636. The molecule has 1 heterocycles. The van der Waals surface area contributed by atoms with Crippen molar-refractivity contribution < 1.29 is 0 Å². The molecule has 2 aliphatic carbocycles. The summed E-state index contributed by atoms with van der Waals surface area (Å²) in [7, 11) is 0. The van der Waals surface area contributed by atoms with Gasteiger partial charge in [0.25, 0.3) is 0 Å². The van der Waals surface area contributed by atoms with Crippen molar-refractivity contribution in [1.29, 1.82) is 0 Å². The third-order valence-electron chi connectivity index (χ3n) is 3.05. The van der Waals surface area contributed by atoms with Gasteiger partial charge < -0.3 is 5.32 Å². The van der Waals surface area contributed by atoms with Crippen LogP contribution in [0.2, 0.25) is 0 Å². The highest BCUT2D eigenvalue weighted by atomic mass is 32.1. The predicted molar refractivity (Wildman–Crippen MR) is 56.2 cm³/mol. The number of thiophene rings is 1. The zero-order chi connectivity index (χ0) is 8.67. The maximum Gasteiger partial charge on any atom is 0.0419 e. The fourth-order valence-corrected chi connectivity index (χ4v) is 3.23. The van der Waals surface area contributed by atoms with E-state index in [9.17, 15) is 0 Å². The van der Waals surface area contributed by atoms with E-state index >= 15 is 0 Å². The highest BCUT2D eigenvalue weighted by Gasteiger charge is 2.28. The van der Waals surface area contributed by atoms with Crippen molar-refractivity contribution >= 4 is 11.3 Å². The van der Waals surface area contributed by atoms with E-state index in [0.717, 1.165) is 6.04 Å². The second kappa shape index (κ2) is 3.10. The van der Waals surface area contributed by atoms with E-state index < -0.39 is 0 Å². The van der Waals surface area contributed by atoms with Gasteiger partial charge in [0, 0.05) is 17.0 Å². The molecule has 13 heavy (non-hydrogen) atoms. The lowest BCUT2D eigenvalue weighted by Gasteiger charge is -2.23. The molecular weight excluding hydrogens is 178 g/mol. The van der Waals surface area contributed by atoms with Crippen molar-refractivity contribution in [2.75, 3.05) is 0 Å². The summed E-state index contributed by atoms with van der Waals surface area (Å²) in [5.74, 6) is 0. The summed E-state index contributed by atoms with van der Waals surface area (Å²) in [5.41, 5.74) is 1.61. The number of hydrogen-bond acceptors (Lipinski definition) is 2. The molecular formula is C11H15NS. The van der Waals surface area contributed by atoms with Crippen molar-refractivity contribution in [1.82, 2.24) is 5.32 Å². The van der Waals surface area contributed by atoms with Crippen LogP contribution < -0.4 is 5.32 Å². The van der Waals surface area contributed by atoms with Gasteiger partial charge in [-0.3, -0.25) is 0 Å². The fourth-order valence-electron chi connectivity index (χ4n) is 2.18. The Morgan fingerprint density at radius 3 is 3.08 bits per heavy atom. The Morgan fingerprint density at radius 1 is 1.31 bits per heavy atom. The first-order chi connectivity index (χ1) is 6.43. The number of fused-ring (bicyclic) bond motifs is 1. The Kier molecular flexibility index (Phi) is 1.91. The molecule has 0 saturated heterocycles. The summed E-state index contributed by atoms with van der Waals surface area (Å²) in [6.45, 7) is 0. The average molecular weight is 193 g/mol.